The van der Waals surface area contributed by atoms with Crippen molar-refractivity contribution in [2.45, 2.75) is 19.8 Å². The lowest BCUT2D eigenvalue weighted by molar-refractivity contribution is -0.116. The van der Waals surface area contributed by atoms with Gasteiger partial charge in [-0.25, -0.2) is 9.37 Å². The number of nitrogens with one attached hydrogen (secondary N) is 1. The number of fused-ring (bicyclic) bond motifs is 1. The van der Waals surface area contributed by atoms with Crippen LogP contribution >= 0.6 is 0 Å². The summed E-state index contributed by atoms with van der Waals surface area (Å²) < 4.78 is 14.6. The topological polar surface area (TPSA) is 76.9 Å². The van der Waals surface area contributed by atoms with Crippen LogP contribution < -0.4 is 5.32 Å². The molecule has 0 aliphatic heterocycles. The van der Waals surface area contributed by atoms with Crippen molar-refractivity contribution >= 4 is 28.4 Å². The Morgan fingerprint density at radius 3 is 2.57 bits per heavy atom. The molecule has 0 bridgehead atoms. The Bertz CT molecular complexity index is 1230. The van der Waals surface area contributed by atoms with Gasteiger partial charge in [0.25, 0.3) is 0 Å². The number of carbonyl (C=O) groups excluding carboxylic acids is 2. The van der Waals surface area contributed by atoms with Gasteiger partial charge in [-0.3, -0.25) is 9.59 Å². The first-order chi connectivity index (χ1) is 14.5. The molecule has 0 aliphatic rings. The molecule has 4 rings (SSSR count). The zero-order valence-electron chi connectivity index (χ0n) is 16.3. The van der Waals surface area contributed by atoms with Crippen molar-refractivity contribution in [2.24, 2.45) is 0 Å². The zero-order chi connectivity index (χ0) is 21.1. The second kappa shape index (κ2) is 8.24. The van der Waals surface area contributed by atoms with Crippen molar-refractivity contribution in [3.63, 3.8) is 0 Å². The van der Waals surface area contributed by atoms with E-state index in [-0.39, 0.29) is 24.5 Å². The molecule has 2 aromatic carbocycles. The molecule has 0 radical (unpaired) electrons. The Balaban J connectivity index is 1.47. The summed E-state index contributed by atoms with van der Waals surface area (Å²) in [4.78, 5) is 29.2. The van der Waals surface area contributed by atoms with Crippen LogP contribution in [0.3, 0.4) is 0 Å². The first kappa shape index (κ1) is 19.4. The Morgan fingerprint density at radius 2 is 1.77 bits per heavy atom. The number of Topliss-reactive ketones (excluding diaryl/α,β-unsaturated/α-hetero) is 1. The molecule has 1 N–H and O–H groups in total. The van der Waals surface area contributed by atoms with E-state index < -0.39 is 5.82 Å². The number of amides is 1. The lowest BCUT2D eigenvalue weighted by Crippen LogP contribution is -2.16. The number of aryl methyl sites for hydroxylation is 1. The van der Waals surface area contributed by atoms with E-state index in [2.05, 4.69) is 15.4 Å². The molecule has 0 fully saturated rings. The monoisotopic (exact) mass is 402 g/mol. The lowest BCUT2D eigenvalue weighted by Gasteiger charge is -2.09. The second-order valence-electron chi connectivity index (χ2n) is 6.92. The molecule has 2 heterocycles. The molecule has 0 saturated heterocycles. The van der Waals surface area contributed by atoms with E-state index in [1.54, 1.807) is 10.7 Å². The van der Waals surface area contributed by atoms with Crippen LogP contribution in [0.25, 0.3) is 16.7 Å². The summed E-state index contributed by atoms with van der Waals surface area (Å²) in [6, 6.07) is 18.6. The second-order valence-corrected chi connectivity index (χ2v) is 6.92. The molecule has 0 atom stereocenters. The number of carbonyl (C=O) groups is 2. The first-order valence-corrected chi connectivity index (χ1v) is 9.51. The third-order valence-electron chi connectivity index (χ3n) is 4.65. The van der Waals surface area contributed by atoms with Gasteiger partial charge in [0.05, 0.1) is 11.2 Å². The Morgan fingerprint density at radius 1 is 1.00 bits per heavy atom. The van der Waals surface area contributed by atoms with Gasteiger partial charge in [-0.2, -0.15) is 9.78 Å². The van der Waals surface area contributed by atoms with Crippen LogP contribution in [0, 0.1) is 12.7 Å². The van der Waals surface area contributed by atoms with E-state index in [1.807, 2.05) is 43.3 Å². The predicted molar refractivity (Wildman–Crippen MR) is 112 cm³/mol. The average molecular weight is 402 g/mol. The number of anilines is 1. The summed E-state index contributed by atoms with van der Waals surface area (Å²) in [6.07, 6.45) is 0.0321. The van der Waals surface area contributed by atoms with E-state index in [4.69, 9.17) is 0 Å². The molecule has 7 heteroatoms. The van der Waals surface area contributed by atoms with Gasteiger partial charge in [0.2, 0.25) is 5.91 Å². The SMILES string of the molecule is Cc1cc(NC(=O)CCC(=O)c2ccc(F)cc2)n(-c2ccc3ccccc3n2)n1. The van der Waals surface area contributed by atoms with Crippen molar-refractivity contribution in [2.75, 3.05) is 5.32 Å². The van der Waals surface area contributed by atoms with Crippen molar-refractivity contribution in [1.82, 2.24) is 14.8 Å². The number of aromatic nitrogens is 3. The summed E-state index contributed by atoms with van der Waals surface area (Å²) in [6.45, 7) is 1.82. The molecule has 150 valence electrons. The first-order valence-electron chi connectivity index (χ1n) is 9.51. The number of hydrogen-bond donors (Lipinski definition) is 1. The number of nitrogens with zero attached hydrogens (tertiary/aromatic N) is 3. The van der Waals surface area contributed by atoms with Crippen LogP contribution in [-0.4, -0.2) is 26.5 Å². The number of pyridine rings is 1. The summed E-state index contributed by atoms with van der Waals surface area (Å²) in [7, 11) is 0. The van der Waals surface area contributed by atoms with Gasteiger partial charge in [0, 0.05) is 29.9 Å². The molecule has 0 saturated carbocycles. The van der Waals surface area contributed by atoms with E-state index in [0.717, 1.165) is 16.6 Å². The largest absolute Gasteiger partial charge is 0.311 e. The number of rotatable bonds is 6. The van der Waals surface area contributed by atoms with Crippen LogP contribution in [0.2, 0.25) is 0 Å². The maximum absolute atomic E-state index is 13.0. The highest BCUT2D eigenvalue weighted by Gasteiger charge is 2.14. The molecule has 0 spiro atoms. The fourth-order valence-corrected chi connectivity index (χ4v) is 3.15. The quantitative estimate of drug-likeness (QED) is 0.483. The van der Waals surface area contributed by atoms with Crippen molar-refractivity contribution in [3.8, 4) is 5.82 Å². The fraction of sp³-hybridized carbons (Fsp3) is 0.130. The molecule has 2 aromatic heterocycles. The summed E-state index contributed by atoms with van der Waals surface area (Å²) >= 11 is 0. The van der Waals surface area contributed by atoms with E-state index in [0.29, 0.717) is 17.2 Å². The summed E-state index contributed by atoms with van der Waals surface area (Å²) in [5.74, 6) is 0.127. The van der Waals surface area contributed by atoms with Gasteiger partial charge in [-0.1, -0.05) is 18.2 Å². The Kier molecular flexibility index (Phi) is 5.34. The minimum atomic E-state index is -0.407. The Labute approximate surface area is 172 Å². The predicted octanol–water partition coefficient (Wildman–Crippen LogP) is 4.47. The average Bonchev–Trinajstić information content (AvgIpc) is 3.12. The Hall–Kier alpha value is -3.87. The van der Waals surface area contributed by atoms with Gasteiger partial charge in [0.1, 0.15) is 11.6 Å². The van der Waals surface area contributed by atoms with Gasteiger partial charge in [-0.15, -0.1) is 0 Å². The molecular formula is C23H19FN4O2. The number of hydrogen-bond acceptors (Lipinski definition) is 4. The highest BCUT2D eigenvalue weighted by Crippen LogP contribution is 2.19. The summed E-state index contributed by atoms with van der Waals surface area (Å²) in [5.41, 5.74) is 1.93. The molecule has 30 heavy (non-hydrogen) atoms. The van der Waals surface area contributed by atoms with E-state index in [1.165, 1.54) is 24.3 Å². The van der Waals surface area contributed by atoms with Gasteiger partial charge in [-0.05, 0) is 49.4 Å². The van der Waals surface area contributed by atoms with Gasteiger partial charge in [0.15, 0.2) is 11.6 Å². The van der Waals surface area contributed by atoms with Gasteiger partial charge >= 0.3 is 0 Å². The highest BCUT2D eigenvalue weighted by molar-refractivity contribution is 5.99. The lowest BCUT2D eigenvalue weighted by atomic mass is 10.1. The maximum atomic E-state index is 13.0. The van der Waals surface area contributed by atoms with E-state index >= 15 is 0 Å². The van der Waals surface area contributed by atoms with Crippen molar-refractivity contribution < 1.29 is 14.0 Å². The van der Waals surface area contributed by atoms with Gasteiger partial charge < -0.3 is 5.32 Å². The molecule has 0 aliphatic carbocycles. The molecule has 6 nitrogen and oxygen atoms in total. The third-order valence-corrected chi connectivity index (χ3v) is 4.65. The number of ketones is 1. The van der Waals surface area contributed by atoms with Crippen molar-refractivity contribution in [1.29, 1.82) is 0 Å². The smallest absolute Gasteiger partial charge is 0.225 e. The standard InChI is InChI=1S/C23H19FN4O2/c1-15-14-22(26-23(30)13-11-20(29)17-6-9-18(24)10-7-17)28(27-15)21-12-8-16-4-2-3-5-19(16)25-21/h2-10,12,14H,11,13H2,1H3,(H,26,30). The minimum Gasteiger partial charge on any atom is -0.311 e. The molecule has 1 amide bonds. The van der Waals surface area contributed by atoms with E-state index in [9.17, 15) is 14.0 Å². The molecule has 4 aromatic rings. The van der Waals surface area contributed by atoms with Crippen molar-refractivity contribution in [3.05, 3.63) is 83.8 Å². The number of halogens is 1. The minimum absolute atomic E-state index is 0.00554. The zero-order valence-corrected chi connectivity index (χ0v) is 16.3. The van der Waals surface area contributed by atoms with Crippen LogP contribution in [0.4, 0.5) is 10.2 Å². The normalized spacial score (nSPS) is 10.9. The molecule has 0 unspecified atom stereocenters. The maximum Gasteiger partial charge on any atom is 0.225 e. The van der Waals surface area contributed by atoms with Crippen LogP contribution in [-0.2, 0) is 4.79 Å². The fourth-order valence-electron chi connectivity index (χ4n) is 3.15. The third kappa shape index (κ3) is 4.25. The number of benzene rings is 2. The summed E-state index contributed by atoms with van der Waals surface area (Å²) in [5, 5.41) is 8.24. The number of para-hydroxylation sites is 1. The molecular weight excluding hydrogens is 383 g/mol. The van der Waals surface area contributed by atoms with Crippen LogP contribution in [0.15, 0.2) is 66.7 Å². The highest BCUT2D eigenvalue weighted by atomic mass is 19.1. The van der Waals surface area contributed by atoms with Crippen LogP contribution in [0.1, 0.15) is 28.9 Å². The van der Waals surface area contributed by atoms with Crippen LogP contribution in [0.5, 0.6) is 0 Å².